The molecule has 0 aliphatic heterocycles. The molecule has 0 unspecified atom stereocenters. The molecule has 1 saturated carbocycles. The lowest BCUT2D eigenvalue weighted by Crippen LogP contribution is -2.41. The molecule has 0 atom stereocenters. The Kier molecular flexibility index (Phi) is 8.15. The number of carbonyl (C=O) groups excluding carboxylic acids is 1. The van der Waals surface area contributed by atoms with Gasteiger partial charge in [-0.2, -0.15) is 0 Å². The number of nitrogens with zero attached hydrogens (tertiary/aromatic N) is 1. The van der Waals surface area contributed by atoms with Crippen LogP contribution in [0.5, 0.6) is 0 Å². The SMILES string of the molecule is CN=C(NCCNC(=O)C1CC1)NCc1ccc(F)cc1.I. The van der Waals surface area contributed by atoms with Gasteiger partial charge in [-0.1, -0.05) is 12.1 Å². The number of hydrogen-bond donors (Lipinski definition) is 3. The maximum absolute atomic E-state index is 12.8. The number of amides is 1. The molecule has 1 aliphatic rings. The molecule has 0 saturated heterocycles. The highest BCUT2D eigenvalue weighted by Gasteiger charge is 2.28. The molecule has 3 N–H and O–H groups in total. The van der Waals surface area contributed by atoms with Crippen LogP contribution >= 0.6 is 24.0 Å². The predicted molar refractivity (Wildman–Crippen MR) is 95.8 cm³/mol. The highest BCUT2D eigenvalue weighted by Crippen LogP contribution is 2.28. The van der Waals surface area contributed by atoms with Crippen LogP contribution in [0.3, 0.4) is 0 Å². The number of halogens is 2. The zero-order valence-electron chi connectivity index (χ0n) is 12.6. The van der Waals surface area contributed by atoms with Gasteiger partial charge < -0.3 is 16.0 Å². The van der Waals surface area contributed by atoms with Crippen LogP contribution in [0.4, 0.5) is 4.39 Å². The zero-order valence-corrected chi connectivity index (χ0v) is 14.9. The average molecular weight is 420 g/mol. The van der Waals surface area contributed by atoms with Crippen LogP contribution in [0.15, 0.2) is 29.3 Å². The molecular formula is C15H22FIN4O. The van der Waals surface area contributed by atoms with E-state index in [1.165, 1.54) is 12.1 Å². The Labute approximate surface area is 147 Å². The Balaban J connectivity index is 0.00000242. The van der Waals surface area contributed by atoms with E-state index in [9.17, 15) is 9.18 Å². The molecular weight excluding hydrogens is 398 g/mol. The van der Waals surface area contributed by atoms with Crippen molar-refractivity contribution >= 4 is 35.8 Å². The van der Waals surface area contributed by atoms with Crippen molar-refractivity contribution in [3.8, 4) is 0 Å². The van der Waals surface area contributed by atoms with Crippen LogP contribution < -0.4 is 16.0 Å². The van der Waals surface area contributed by atoms with Gasteiger partial charge in [-0.3, -0.25) is 9.79 Å². The van der Waals surface area contributed by atoms with Crippen LogP contribution in [-0.4, -0.2) is 32.0 Å². The first-order chi connectivity index (χ1) is 10.2. The molecule has 1 amide bonds. The van der Waals surface area contributed by atoms with Crippen molar-refractivity contribution in [1.82, 2.24) is 16.0 Å². The lowest BCUT2D eigenvalue weighted by atomic mass is 10.2. The summed E-state index contributed by atoms with van der Waals surface area (Å²) >= 11 is 0. The first kappa shape index (κ1) is 18.7. The molecule has 122 valence electrons. The first-order valence-electron chi connectivity index (χ1n) is 7.15. The van der Waals surface area contributed by atoms with Crippen molar-refractivity contribution < 1.29 is 9.18 Å². The fraction of sp³-hybridized carbons (Fsp3) is 0.467. The summed E-state index contributed by atoms with van der Waals surface area (Å²) in [6.45, 7) is 1.75. The van der Waals surface area contributed by atoms with Gasteiger partial charge in [0.05, 0.1) is 0 Å². The molecule has 2 rings (SSSR count). The van der Waals surface area contributed by atoms with Gasteiger partial charge in [-0.05, 0) is 30.5 Å². The van der Waals surface area contributed by atoms with Crippen LogP contribution in [-0.2, 0) is 11.3 Å². The van der Waals surface area contributed by atoms with E-state index in [-0.39, 0.29) is 41.6 Å². The summed E-state index contributed by atoms with van der Waals surface area (Å²) in [5, 5.41) is 9.13. The number of guanidine groups is 1. The molecule has 0 aromatic heterocycles. The number of rotatable bonds is 6. The highest BCUT2D eigenvalue weighted by atomic mass is 127. The normalized spacial score (nSPS) is 14.0. The Morgan fingerprint density at radius 2 is 1.82 bits per heavy atom. The van der Waals surface area contributed by atoms with Crippen molar-refractivity contribution in [1.29, 1.82) is 0 Å². The molecule has 1 aromatic rings. The van der Waals surface area contributed by atoms with Crippen molar-refractivity contribution in [3.05, 3.63) is 35.6 Å². The second-order valence-electron chi connectivity index (χ2n) is 5.04. The van der Waals surface area contributed by atoms with Gasteiger partial charge in [-0.15, -0.1) is 24.0 Å². The second-order valence-corrected chi connectivity index (χ2v) is 5.04. The smallest absolute Gasteiger partial charge is 0.223 e. The maximum atomic E-state index is 12.8. The second kappa shape index (κ2) is 9.60. The van der Waals surface area contributed by atoms with E-state index >= 15 is 0 Å². The lowest BCUT2D eigenvalue weighted by molar-refractivity contribution is -0.122. The third-order valence-corrected chi connectivity index (χ3v) is 3.26. The van der Waals surface area contributed by atoms with Crippen molar-refractivity contribution in [2.75, 3.05) is 20.1 Å². The van der Waals surface area contributed by atoms with Gasteiger partial charge in [0, 0.05) is 32.6 Å². The molecule has 0 spiro atoms. The van der Waals surface area contributed by atoms with Gasteiger partial charge in [-0.25, -0.2) is 4.39 Å². The minimum absolute atomic E-state index is 0. The van der Waals surface area contributed by atoms with Gasteiger partial charge in [0.1, 0.15) is 5.82 Å². The summed E-state index contributed by atoms with van der Waals surface area (Å²) in [6, 6.07) is 6.32. The van der Waals surface area contributed by atoms with E-state index < -0.39 is 0 Å². The molecule has 22 heavy (non-hydrogen) atoms. The topological polar surface area (TPSA) is 65.5 Å². The Hall–Kier alpha value is -1.38. The largest absolute Gasteiger partial charge is 0.355 e. The number of carbonyl (C=O) groups is 1. The van der Waals surface area contributed by atoms with Gasteiger partial charge in [0.15, 0.2) is 5.96 Å². The van der Waals surface area contributed by atoms with E-state index in [4.69, 9.17) is 0 Å². The molecule has 1 fully saturated rings. The highest BCUT2D eigenvalue weighted by molar-refractivity contribution is 14.0. The Bertz CT molecular complexity index is 503. The number of benzene rings is 1. The fourth-order valence-electron chi connectivity index (χ4n) is 1.87. The standard InChI is InChI=1S/C15H21FN4O.HI/c1-17-15(19-9-8-18-14(21)12-4-5-12)20-10-11-2-6-13(16)7-3-11;/h2-3,6-7,12H,4-5,8-10H2,1H3,(H,18,21)(H2,17,19,20);1H. The molecule has 1 aliphatic carbocycles. The minimum Gasteiger partial charge on any atom is -0.355 e. The van der Waals surface area contributed by atoms with Gasteiger partial charge in [0.2, 0.25) is 5.91 Å². The van der Waals surface area contributed by atoms with E-state index in [1.807, 2.05) is 0 Å². The predicted octanol–water partition coefficient (Wildman–Crippen LogP) is 1.63. The number of nitrogens with one attached hydrogen (secondary N) is 3. The summed E-state index contributed by atoms with van der Waals surface area (Å²) < 4.78 is 12.8. The summed E-state index contributed by atoms with van der Waals surface area (Å²) in [5.41, 5.74) is 0.974. The lowest BCUT2D eigenvalue weighted by Gasteiger charge is -2.12. The molecule has 7 heteroatoms. The molecule has 0 heterocycles. The average Bonchev–Trinajstić information content (AvgIpc) is 3.33. The molecule has 1 aromatic carbocycles. The zero-order chi connectivity index (χ0) is 15.1. The third-order valence-electron chi connectivity index (χ3n) is 3.26. The van der Waals surface area contributed by atoms with Crippen LogP contribution in [0.2, 0.25) is 0 Å². The third kappa shape index (κ3) is 6.59. The van der Waals surface area contributed by atoms with Crippen molar-refractivity contribution in [2.24, 2.45) is 10.9 Å². The number of aliphatic imine (C=N–C) groups is 1. The van der Waals surface area contributed by atoms with E-state index in [0.29, 0.717) is 25.6 Å². The van der Waals surface area contributed by atoms with Gasteiger partial charge in [0.25, 0.3) is 0 Å². The van der Waals surface area contributed by atoms with E-state index in [0.717, 1.165) is 18.4 Å². The van der Waals surface area contributed by atoms with E-state index in [2.05, 4.69) is 20.9 Å². The van der Waals surface area contributed by atoms with Gasteiger partial charge >= 0.3 is 0 Å². The molecule has 0 bridgehead atoms. The maximum Gasteiger partial charge on any atom is 0.223 e. The quantitative estimate of drug-likeness (QED) is 0.284. The van der Waals surface area contributed by atoms with Crippen molar-refractivity contribution in [2.45, 2.75) is 19.4 Å². The molecule has 0 radical (unpaired) electrons. The van der Waals surface area contributed by atoms with Crippen LogP contribution in [0.1, 0.15) is 18.4 Å². The Morgan fingerprint density at radius 1 is 1.18 bits per heavy atom. The van der Waals surface area contributed by atoms with E-state index in [1.54, 1.807) is 19.2 Å². The Morgan fingerprint density at radius 3 is 2.41 bits per heavy atom. The summed E-state index contributed by atoms with van der Waals surface area (Å²) in [5.74, 6) is 0.791. The monoisotopic (exact) mass is 420 g/mol. The minimum atomic E-state index is -0.243. The van der Waals surface area contributed by atoms with Crippen LogP contribution in [0.25, 0.3) is 0 Å². The van der Waals surface area contributed by atoms with Crippen LogP contribution in [0, 0.1) is 11.7 Å². The number of hydrogen-bond acceptors (Lipinski definition) is 2. The first-order valence-corrected chi connectivity index (χ1v) is 7.15. The fourth-order valence-corrected chi connectivity index (χ4v) is 1.87. The summed E-state index contributed by atoms with van der Waals surface area (Å²) in [6.07, 6.45) is 2.03. The summed E-state index contributed by atoms with van der Waals surface area (Å²) in [7, 11) is 1.68. The van der Waals surface area contributed by atoms with Crippen molar-refractivity contribution in [3.63, 3.8) is 0 Å². The molecule has 5 nitrogen and oxygen atoms in total. The summed E-state index contributed by atoms with van der Waals surface area (Å²) in [4.78, 5) is 15.5.